The zero-order valence-electron chi connectivity index (χ0n) is 48.3. The normalized spacial score (nSPS) is 13.4. The smallest absolute Gasteiger partial charge is 0.657 e. The van der Waals surface area contributed by atoms with Crippen molar-refractivity contribution in [3.63, 3.8) is 0 Å². The van der Waals surface area contributed by atoms with Gasteiger partial charge in [0.25, 0.3) is 5.70 Å². The second kappa shape index (κ2) is 20.0. The number of hydrogen-bond donors (Lipinski definition) is 0. The van der Waals surface area contributed by atoms with Gasteiger partial charge in [0.15, 0.2) is 0 Å². The minimum absolute atomic E-state index is 0. The van der Waals surface area contributed by atoms with Gasteiger partial charge in [0.2, 0.25) is 0 Å². The SMILES string of the molecule is CC(C)(C)c1cc(-c2c3nc(c(-c4ccc(Br)cc4)c4ccc([n-]4)c(-c4cc(C(C)(C)C)cc(C(C)(C)C)c4)c4nc(c(-c5cc(C(C)(C)C)cc(C(C)(C)C)c5)c5ccc2[n-]5)C=C4[N+](=O)[O-])C=C3)cc(C(C)(C)C)c1.[Cu+2]. The topological polar surface area (TPSA) is 97.1 Å². The summed E-state index contributed by atoms with van der Waals surface area (Å²) in [6.45, 7) is 40.1. The van der Waals surface area contributed by atoms with E-state index in [1.54, 1.807) is 6.08 Å². The fourth-order valence-corrected chi connectivity index (χ4v) is 10.3. The molecule has 9 rings (SSSR count). The van der Waals surface area contributed by atoms with Gasteiger partial charge < -0.3 is 9.97 Å². The van der Waals surface area contributed by atoms with E-state index in [0.717, 1.165) is 77.0 Å². The first kappa shape index (κ1) is 57.1. The molecule has 9 heteroatoms. The average molecular weight is 1140 g/mol. The molecule has 0 N–H and O–H groups in total. The molecule has 0 atom stereocenters. The Labute approximate surface area is 476 Å². The Hall–Kier alpha value is -6.12. The van der Waals surface area contributed by atoms with Crippen molar-refractivity contribution < 1.29 is 22.0 Å². The molecule has 0 fully saturated rings. The Morgan fingerprint density at radius 1 is 0.403 bits per heavy atom. The van der Waals surface area contributed by atoms with Crippen molar-refractivity contribution in [3.05, 3.63) is 174 Å². The Morgan fingerprint density at radius 3 is 1.03 bits per heavy atom. The minimum Gasteiger partial charge on any atom is -0.657 e. The molecule has 7 nitrogen and oxygen atoms in total. The van der Waals surface area contributed by atoms with Gasteiger partial charge in [-0.15, -0.1) is 22.1 Å². The third kappa shape index (κ3) is 11.6. The van der Waals surface area contributed by atoms with Crippen molar-refractivity contribution >= 4 is 61.9 Å². The maximum absolute atomic E-state index is 13.9. The van der Waals surface area contributed by atoms with Crippen molar-refractivity contribution in [1.29, 1.82) is 0 Å². The van der Waals surface area contributed by atoms with Crippen LogP contribution in [-0.2, 0) is 49.6 Å². The monoisotopic (exact) mass is 1130 g/mol. The maximum Gasteiger partial charge on any atom is 2.00 e. The molecular formula is C68H74BrCuN5O2. The van der Waals surface area contributed by atoms with E-state index in [4.69, 9.17) is 19.9 Å². The molecule has 5 heterocycles. The number of nitro groups is 1. The molecule has 8 bridgehead atoms. The number of hydrogen-bond acceptors (Lipinski definition) is 4. The van der Waals surface area contributed by atoms with E-state index in [1.165, 1.54) is 11.1 Å². The van der Waals surface area contributed by atoms with Crippen molar-refractivity contribution in [3.8, 4) is 44.5 Å². The summed E-state index contributed by atoms with van der Waals surface area (Å²) < 4.78 is 0.949. The van der Waals surface area contributed by atoms with Gasteiger partial charge in [-0.05, 0) is 135 Å². The van der Waals surface area contributed by atoms with E-state index >= 15 is 0 Å². The van der Waals surface area contributed by atoms with Crippen molar-refractivity contribution in [2.75, 3.05) is 0 Å². The van der Waals surface area contributed by atoms with Crippen LogP contribution in [-0.4, -0.2) is 14.9 Å². The van der Waals surface area contributed by atoms with Gasteiger partial charge in [0.1, 0.15) is 5.69 Å². The van der Waals surface area contributed by atoms with Crippen LogP contribution in [0.5, 0.6) is 0 Å². The van der Waals surface area contributed by atoms with Gasteiger partial charge in [-0.2, -0.15) is 0 Å². The van der Waals surface area contributed by atoms with E-state index in [9.17, 15) is 10.1 Å². The molecule has 1 radical (unpaired) electrons. The van der Waals surface area contributed by atoms with E-state index < -0.39 is 0 Å². The molecule has 77 heavy (non-hydrogen) atoms. The largest absolute Gasteiger partial charge is 2.00 e. The number of fused-ring (bicyclic) bond motifs is 8. The predicted octanol–water partition coefficient (Wildman–Crippen LogP) is 18.7. The first-order valence-electron chi connectivity index (χ1n) is 26.6. The fraction of sp³-hybridized carbons (Fsp3) is 0.353. The summed E-state index contributed by atoms with van der Waals surface area (Å²) in [4.78, 5) is 36.0. The number of benzene rings is 4. The molecule has 0 saturated heterocycles. The molecule has 4 aromatic carbocycles. The van der Waals surface area contributed by atoms with Crippen LogP contribution >= 0.6 is 15.9 Å². The molecule has 0 aliphatic carbocycles. The first-order valence-corrected chi connectivity index (χ1v) is 27.4. The van der Waals surface area contributed by atoms with Crippen LogP contribution in [0.2, 0.25) is 0 Å². The van der Waals surface area contributed by atoms with Crippen molar-refractivity contribution in [1.82, 2.24) is 19.9 Å². The van der Waals surface area contributed by atoms with E-state index in [2.05, 4.69) is 232 Å². The molecule has 0 spiro atoms. The fourth-order valence-electron chi connectivity index (χ4n) is 10.00. The molecule has 0 saturated carbocycles. The van der Waals surface area contributed by atoms with Crippen LogP contribution in [0.4, 0.5) is 0 Å². The van der Waals surface area contributed by atoms with Crippen LogP contribution in [0.3, 0.4) is 0 Å². The summed E-state index contributed by atoms with van der Waals surface area (Å²) in [5, 5.41) is 13.9. The quantitative estimate of drug-likeness (QED) is 0.0967. The van der Waals surface area contributed by atoms with E-state index in [0.29, 0.717) is 33.4 Å². The van der Waals surface area contributed by atoms with Crippen molar-refractivity contribution in [2.45, 2.75) is 157 Å². The number of rotatable bonds is 5. The van der Waals surface area contributed by atoms with E-state index in [1.807, 2.05) is 24.3 Å². The van der Waals surface area contributed by atoms with Gasteiger partial charge >= 0.3 is 17.1 Å². The van der Waals surface area contributed by atoms with Crippen LogP contribution in [0.15, 0.2) is 108 Å². The molecule has 0 unspecified atom stereocenters. The third-order valence-corrected chi connectivity index (χ3v) is 15.4. The van der Waals surface area contributed by atoms with Gasteiger partial charge in [-0.1, -0.05) is 232 Å². The number of halogens is 1. The Kier molecular flexibility index (Phi) is 14.8. The average Bonchev–Trinajstić information content (AvgIpc) is 4.16. The summed E-state index contributed by atoms with van der Waals surface area (Å²) in [6.07, 6.45) is 5.87. The summed E-state index contributed by atoms with van der Waals surface area (Å²) >= 11 is 3.68. The Bertz CT molecular complexity index is 3640. The summed E-state index contributed by atoms with van der Waals surface area (Å²) in [7, 11) is 0. The summed E-state index contributed by atoms with van der Waals surface area (Å²) in [6, 6.07) is 36.7. The first-order chi connectivity index (χ1) is 35.1. The zero-order valence-corrected chi connectivity index (χ0v) is 50.8. The van der Waals surface area contributed by atoms with Crippen LogP contribution in [0.25, 0.3) is 90.5 Å². The van der Waals surface area contributed by atoms with Crippen molar-refractivity contribution in [2.24, 2.45) is 0 Å². The van der Waals surface area contributed by atoms with Gasteiger partial charge in [0.05, 0.1) is 22.0 Å². The predicted molar refractivity (Wildman–Crippen MR) is 324 cm³/mol. The molecule has 2 aliphatic heterocycles. The van der Waals surface area contributed by atoms with Crippen LogP contribution < -0.4 is 9.97 Å². The second-order valence-corrected chi connectivity index (χ2v) is 28.1. The number of nitrogens with zero attached hydrogens (tertiary/aromatic N) is 5. The molecule has 0 amide bonds. The van der Waals surface area contributed by atoms with Gasteiger partial charge in [-0.25, -0.2) is 9.97 Å². The van der Waals surface area contributed by atoms with E-state index in [-0.39, 0.29) is 65.9 Å². The van der Waals surface area contributed by atoms with Crippen LogP contribution in [0, 0.1) is 10.1 Å². The summed E-state index contributed by atoms with van der Waals surface area (Å²) in [5.74, 6) is 0. The second-order valence-electron chi connectivity index (χ2n) is 27.2. The van der Waals surface area contributed by atoms with Gasteiger partial charge in [-0.3, -0.25) is 10.1 Å². The van der Waals surface area contributed by atoms with Gasteiger partial charge in [0, 0.05) is 10.5 Å². The maximum atomic E-state index is 13.9. The zero-order chi connectivity index (χ0) is 55.4. The molecule has 7 aromatic rings. The molecule has 2 aliphatic rings. The minimum atomic E-state index is -0.287. The third-order valence-electron chi connectivity index (χ3n) is 14.9. The molecule has 401 valence electrons. The number of aromatic nitrogens is 4. The van der Waals surface area contributed by atoms with Crippen LogP contribution in [0.1, 0.15) is 181 Å². The Balaban J connectivity index is 0.00000784. The Morgan fingerprint density at radius 2 is 0.701 bits per heavy atom. The standard InChI is InChI=1S/C68H74BrN5O2.Cu/c1-63(2,3)43-29-40(30-44(35-43)64(4,5)6)59-52-24-23-50(70-52)58(39-19-21-49(69)22-20-39)51-27-28-55(72-51)61(42-33-47(67(13,14)15)37-48(34-42)68(16,17)18)62-57(74(75)76)38-56(73-62)60(54-26-25-53(59)71-54)41-31-45(65(7,8)9)36-46(32-41)66(10,11)12;/h19-38H,1-18H3;/q-2;+2. The molecular weight excluding hydrogens is 1060 g/mol. The summed E-state index contributed by atoms with van der Waals surface area (Å²) in [5.41, 5.74) is 17.0. The molecule has 3 aromatic heterocycles.